The van der Waals surface area contributed by atoms with Crippen molar-refractivity contribution < 1.29 is 13.9 Å². The molecule has 5 heteroatoms. The molecule has 0 saturated carbocycles. The van der Waals surface area contributed by atoms with Gasteiger partial charge in [-0.25, -0.2) is 9.78 Å². The minimum Gasteiger partial charge on any atom is -0.445 e. The second-order valence-electron chi connectivity index (χ2n) is 4.74. The van der Waals surface area contributed by atoms with Crippen LogP contribution in [0.1, 0.15) is 16.7 Å². The van der Waals surface area contributed by atoms with E-state index in [1.54, 1.807) is 18.2 Å². The van der Waals surface area contributed by atoms with Crippen LogP contribution in [-0.2, 0) is 11.3 Å². The van der Waals surface area contributed by atoms with Crippen LogP contribution in [0.5, 0.6) is 0 Å². The van der Waals surface area contributed by atoms with Crippen molar-refractivity contribution >= 4 is 12.2 Å². The highest BCUT2D eigenvalue weighted by Crippen LogP contribution is 2.08. The largest absolute Gasteiger partial charge is 0.445 e. The van der Waals surface area contributed by atoms with E-state index >= 15 is 0 Å². The first-order valence-electron chi connectivity index (χ1n) is 6.88. The van der Waals surface area contributed by atoms with Crippen LogP contribution in [0.15, 0.2) is 48.7 Å². The fourth-order valence-electron chi connectivity index (χ4n) is 1.79. The summed E-state index contributed by atoms with van der Waals surface area (Å²) in [6.07, 6.45) is 4.17. The molecule has 0 saturated heterocycles. The number of carbonyl (C=O) groups excluding carboxylic acids is 1. The summed E-state index contributed by atoms with van der Waals surface area (Å²) in [5.41, 5.74) is 2.18. The molecule has 0 atom stereocenters. The molecule has 0 aliphatic carbocycles. The molecule has 0 aliphatic rings. The number of nitrogens with one attached hydrogen (secondary N) is 1. The third-order valence-corrected chi connectivity index (χ3v) is 2.88. The number of nitrogens with zero attached hydrogens (tertiary/aromatic N) is 1. The van der Waals surface area contributed by atoms with Gasteiger partial charge in [0, 0.05) is 18.3 Å². The Morgan fingerprint density at radius 3 is 2.91 bits per heavy atom. The fraction of sp³-hybridized carbons (Fsp3) is 0.176. The minimum absolute atomic E-state index is 0.215. The van der Waals surface area contributed by atoms with Crippen molar-refractivity contribution in [1.82, 2.24) is 10.3 Å². The van der Waals surface area contributed by atoms with Crippen LogP contribution in [0, 0.1) is 12.9 Å². The predicted octanol–water partition coefficient (Wildman–Crippen LogP) is 3.47. The summed E-state index contributed by atoms with van der Waals surface area (Å²) in [6, 6.07) is 11.1. The van der Waals surface area contributed by atoms with Crippen molar-refractivity contribution in [2.24, 2.45) is 0 Å². The van der Waals surface area contributed by atoms with Crippen LogP contribution in [0.3, 0.4) is 0 Å². The maximum Gasteiger partial charge on any atom is 0.407 e. The van der Waals surface area contributed by atoms with Crippen LogP contribution in [0.2, 0.25) is 0 Å². The number of pyridine rings is 1. The standard InChI is InChI=1S/C17H17FN2O2/c1-13-10-15(16(18)20-11-13)8-5-9-19-17(21)22-12-14-6-3-2-4-7-14/h2-8,10-11H,9,12H2,1H3,(H,19,21). The Kier molecular flexibility index (Phi) is 5.65. The normalized spacial score (nSPS) is 10.6. The molecule has 0 fully saturated rings. The summed E-state index contributed by atoms with van der Waals surface area (Å²) in [7, 11) is 0. The number of halogens is 1. The molecule has 1 amide bonds. The summed E-state index contributed by atoms with van der Waals surface area (Å²) in [6.45, 7) is 2.30. The fourth-order valence-corrected chi connectivity index (χ4v) is 1.79. The van der Waals surface area contributed by atoms with Crippen LogP contribution < -0.4 is 5.32 Å². The molecule has 1 heterocycles. The first-order chi connectivity index (χ1) is 10.6. The molecule has 0 unspecified atom stereocenters. The molecule has 2 aromatic rings. The average molecular weight is 300 g/mol. The van der Waals surface area contributed by atoms with Crippen LogP contribution in [0.4, 0.5) is 9.18 Å². The number of hydrogen-bond acceptors (Lipinski definition) is 3. The Labute approximate surface area is 128 Å². The predicted molar refractivity (Wildman–Crippen MR) is 82.6 cm³/mol. The van der Waals surface area contributed by atoms with E-state index in [4.69, 9.17) is 4.74 Å². The molecule has 0 aliphatic heterocycles. The highest BCUT2D eigenvalue weighted by Gasteiger charge is 2.01. The van der Waals surface area contributed by atoms with Gasteiger partial charge in [-0.2, -0.15) is 4.39 Å². The second-order valence-corrected chi connectivity index (χ2v) is 4.74. The van der Waals surface area contributed by atoms with E-state index < -0.39 is 12.0 Å². The lowest BCUT2D eigenvalue weighted by molar-refractivity contribution is 0.141. The highest BCUT2D eigenvalue weighted by atomic mass is 19.1. The van der Waals surface area contributed by atoms with Crippen LogP contribution in [0.25, 0.3) is 6.08 Å². The quantitative estimate of drug-likeness (QED) is 0.860. The number of alkyl carbamates (subject to hydrolysis) is 1. The number of carbonyl (C=O) groups is 1. The second kappa shape index (κ2) is 7.93. The summed E-state index contributed by atoms with van der Waals surface area (Å²) in [5.74, 6) is -0.534. The van der Waals surface area contributed by atoms with E-state index in [0.717, 1.165) is 11.1 Å². The Bertz CT molecular complexity index is 657. The molecule has 2 rings (SSSR count). The lowest BCUT2D eigenvalue weighted by Crippen LogP contribution is -2.24. The van der Waals surface area contributed by atoms with Crippen molar-refractivity contribution in [3.63, 3.8) is 0 Å². The van der Waals surface area contributed by atoms with Gasteiger partial charge in [0.05, 0.1) is 0 Å². The molecule has 114 valence electrons. The zero-order valence-corrected chi connectivity index (χ0v) is 12.3. The van der Waals surface area contributed by atoms with Gasteiger partial charge in [0.2, 0.25) is 5.95 Å². The van der Waals surface area contributed by atoms with Gasteiger partial charge >= 0.3 is 6.09 Å². The summed E-state index contributed by atoms with van der Waals surface area (Å²) < 4.78 is 18.4. The van der Waals surface area contributed by atoms with Gasteiger partial charge in [-0.3, -0.25) is 0 Å². The van der Waals surface area contributed by atoms with E-state index in [-0.39, 0.29) is 13.2 Å². The lowest BCUT2D eigenvalue weighted by atomic mass is 10.2. The lowest BCUT2D eigenvalue weighted by Gasteiger charge is -2.05. The molecular formula is C17H17FN2O2. The van der Waals surface area contributed by atoms with Gasteiger partial charge in [0.1, 0.15) is 6.61 Å². The number of rotatable bonds is 5. The van der Waals surface area contributed by atoms with Crippen LogP contribution in [-0.4, -0.2) is 17.6 Å². The molecule has 4 nitrogen and oxygen atoms in total. The van der Waals surface area contributed by atoms with Crippen molar-refractivity contribution in [2.75, 3.05) is 6.54 Å². The molecule has 0 radical (unpaired) electrons. The van der Waals surface area contributed by atoms with Gasteiger partial charge in [-0.05, 0) is 24.1 Å². The smallest absolute Gasteiger partial charge is 0.407 e. The van der Waals surface area contributed by atoms with Gasteiger partial charge in [-0.1, -0.05) is 42.5 Å². The maximum absolute atomic E-state index is 13.4. The Morgan fingerprint density at radius 1 is 1.36 bits per heavy atom. The zero-order valence-electron chi connectivity index (χ0n) is 12.3. The summed E-state index contributed by atoms with van der Waals surface area (Å²) in [4.78, 5) is 15.1. The van der Waals surface area contributed by atoms with Crippen molar-refractivity contribution in [2.45, 2.75) is 13.5 Å². The van der Waals surface area contributed by atoms with Crippen molar-refractivity contribution in [3.8, 4) is 0 Å². The maximum atomic E-state index is 13.4. The Balaban J connectivity index is 1.75. The monoisotopic (exact) mass is 300 g/mol. The molecule has 0 bridgehead atoms. The van der Waals surface area contributed by atoms with E-state index in [1.165, 1.54) is 6.20 Å². The summed E-state index contributed by atoms with van der Waals surface area (Å²) >= 11 is 0. The van der Waals surface area contributed by atoms with E-state index in [0.29, 0.717) is 5.56 Å². The number of hydrogen-bond donors (Lipinski definition) is 1. The molecule has 1 aromatic carbocycles. The first kappa shape index (κ1) is 15.7. The number of aryl methyl sites for hydroxylation is 1. The number of aromatic nitrogens is 1. The zero-order chi connectivity index (χ0) is 15.8. The molecule has 1 N–H and O–H groups in total. The van der Waals surface area contributed by atoms with Crippen LogP contribution >= 0.6 is 0 Å². The van der Waals surface area contributed by atoms with E-state index in [9.17, 15) is 9.18 Å². The average Bonchev–Trinajstić information content (AvgIpc) is 2.53. The highest BCUT2D eigenvalue weighted by molar-refractivity contribution is 5.67. The number of ether oxygens (including phenoxy) is 1. The molecule has 1 aromatic heterocycles. The number of benzene rings is 1. The topological polar surface area (TPSA) is 51.2 Å². The van der Waals surface area contributed by atoms with Gasteiger partial charge in [0.25, 0.3) is 0 Å². The third kappa shape index (κ3) is 5.01. The van der Waals surface area contributed by atoms with Gasteiger partial charge in [-0.15, -0.1) is 0 Å². The Hall–Kier alpha value is -2.69. The van der Waals surface area contributed by atoms with E-state index in [2.05, 4.69) is 10.3 Å². The minimum atomic E-state index is -0.534. The Morgan fingerprint density at radius 2 is 2.14 bits per heavy atom. The molecular weight excluding hydrogens is 283 g/mol. The SMILES string of the molecule is Cc1cnc(F)c(C=CCNC(=O)OCc2ccccc2)c1. The first-order valence-corrected chi connectivity index (χ1v) is 6.88. The van der Waals surface area contributed by atoms with Gasteiger partial charge in [0.15, 0.2) is 0 Å². The third-order valence-electron chi connectivity index (χ3n) is 2.88. The van der Waals surface area contributed by atoms with Crippen molar-refractivity contribution in [3.05, 3.63) is 71.3 Å². The molecule has 0 spiro atoms. The summed E-state index contributed by atoms with van der Waals surface area (Å²) in [5, 5.41) is 2.57. The van der Waals surface area contributed by atoms with Gasteiger partial charge < -0.3 is 10.1 Å². The van der Waals surface area contributed by atoms with E-state index in [1.807, 2.05) is 37.3 Å². The molecule has 22 heavy (non-hydrogen) atoms. The van der Waals surface area contributed by atoms with Crippen molar-refractivity contribution in [1.29, 1.82) is 0 Å². The number of amides is 1.